The number of nitrogens with zero attached hydrogens (tertiary/aromatic N) is 2. The summed E-state index contributed by atoms with van der Waals surface area (Å²) in [5.74, 6) is 1.60. The highest BCUT2D eigenvalue weighted by atomic mass is 16.7. The fourth-order valence-electron chi connectivity index (χ4n) is 4.14. The number of amides is 2. The zero-order valence-electron chi connectivity index (χ0n) is 19.1. The average molecular weight is 469 g/mol. The van der Waals surface area contributed by atoms with Crippen molar-refractivity contribution in [3.8, 4) is 23.3 Å². The molecule has 3 aromatic carbocycles. The highest BCUT2D eigenvalue weighted by Crippen LogP contribution is 2.34. The molecule has 0 saturated heterocycles. The molecule has 0 bridgehead atoms. The second-order valence-corrected chi connectivity index (χ2v) is 8.36. The fraction of sp³-hybridized carbons (Fsp3) is 0.222. The van der Waals surface area contributed by atoms with Gasteiger partial charge in [-0.1, -0.05) is 13.0 Å². The molecule has 1 N–H and O–H groups in total. The topological polar surface area (TPSA) is 101 Å². The van der Waals surface area contributed by atoms with Crippen molar-refractivity contribution >= 4 is 17.5 Å². The third kappa shape index (κ3) is 4.62. The standard InChI is InChI=1S/C27H23N3O5/c1-2-22-27(32)30(14-18-5-9-24-25(11-18)34-16-33-24)15-20-12-21(8-10-23(20)35-22)29-26(31)19-6-3-17(13-28)4-7-19/h3-12,22H,2,14-16H2,1H3,(H,29,31)/t22-/m0/s1. The van der Waals surface area contributed by atoms with Gasteiger partial charge in [0, 0.05) is 29.9 Å². The second-order valence-electron chi connectivity index (χ2n) is 8.36. The lowest BCUT2D eigenvalue weighted by molar-refractivity contribution is -0.139. The molecule has 8 heteroatoms. The van der Waals surface area contributed by atoms with Gasteiger partial charge in [0.1, 0.15) is 5.75 Å². The van der Waals surface area contributed by atoms with Gasteiger partial charge in [-0.15, -0.1) is 0 Å². The lowest BCUT2D eigenvalue weighted by Crippen LogP contribution is -2.38. The maximum absolute atomic E-state index is 13.2. The van der Waals surface area contributed by atoms with E-state index < -0.39 is 6.10 Å². The molecular formula is C27H23N3O5. The Labute approximate surface area is 202 Å². The van der Waals surface area contributed by atoms with Gasteiger partial charge in [-0.3, -0.25) is 9.59 Å². The molecule has 0 aliphatic carbocycles. The molecule has 176 valence electrons. The summed E-state index contributed by atoms with van der Waals surface area (Å²) in [5.41, 5.74) is 3.24. The quantitative estimate of drug-likeness (QED) is 0.600. The minimum Gasteiger partial charge on any atom is -0.480 e. The number of carbonyl (C=O) groups is 2. The van der Waals surface area contributed by atoms with Crippen LogP contribution in [0.25, 0.3) is 0 Å². The van der Waals surface area contributed by atoms with Gasteiger partial charge >= 0.3 is 0 Å². The number of nitriles is 1. The molecule has 2 aliphatic rings. The van der Waals surface area contributed by atoms with Crippen LogP contribution in [-0.2, 0) is 17.9 Å². The maximum Gasteiger partial charge on any atom is 0.264 e. The normalized spacial score (nSPS) is 16.1. The highest BCUT2D eigenvalue weighted by Gasteiger charge is 2.30. The smallest absolute Gasteiger partial charge is 0.264 e. The monoisotopic (exact) mass is 469 g/mol. The molecule has 0 aromatic heterocycles. The van der Waals surface area contributed by atoms with Gasteiger partial charge < -0.3 is 24.4 Å². The van der Waals surface area contributed by atoms with Crippen molar-refractivity contribution < 1.29 is 23.8 Å². The van der Waals surface area contributed by atoms with Crippen LogP contribution in [0.15, 0.2) is 60.7 Å². The Morgan fingerprint density at radius 3 is 2.60 bits per heavy atom. The van der Waals surface area contributed by atoms with Crippen molar-refractivity contribution in [2.24, 2.45) is 0 Å². The summed E-state index contributed by atoms with van der Waals surface area (Å²) >= 11 is 0. The first-order chi connectivity index (χ1) is 17.0. The first-order valence-corrected chi connectivity index (χ1v) is 11.3. The summed E-state index contributed by atoms with van der Waals surface area (Å²) in [7, 11) is 0. The number of hydrogen-bond donors (Lipinski definition) is 1. The number of ether oxygens (including phenoxy) is 3. The van der Waals surface area contributed by atoms with Gasteiger partial charge in [-0.05, 0) is 66.6 Å². The Bertz CT molecular complexity index is 1330. The van der Waals surface area contributed by atoms with Gasteiger partial charge in [-0.2, -0.15) is 5.26 Å². The van der Waals surface area contributed by atoms with E-state index in [1.165, 1.54) is 0 Å². The van der Waals surface area contributed by atoms with Crippen molar-refractivity contribution in [1.82, 2.24) is 4.90 Å². The molecule has 2 heterocycles. The van der Waals surface area contributed by atoms with E-state index in [4.69, 9.17) is 19.5 Å². The Morgan fingerprint density at radius 1 is 1.06 bits per heavy atom. The number of carbonyl (C=O) groups excluding carboxylic acids is 2. The Morgan fingerprint density at radius 2 is 1.83 bits per heavy atom. The molecule has 2 aliphatic heterocycles. The summed E-state index contributed by atoms with van der Waals surface area (Å²) in [5, 5.41) is 11.8. The minimum absolute atomic E-state index is 0.0930. The van der Waals surface area contributed by atoms with Gasteiger partial charge in [0.15, 0.2) is 17.6 Å². The van der Waals surface area contributed by atoms with Crippen LogP contribution >= 0.6 is 0 Å². The second kappa shape index (κ2) is 9.39. The number of fused-ring (bicyclic) bond motifs is 2. The predicted molar refractivity (Wildman–Crippen MR) is 127 cm³/mol. The summed E-state index contributed by atoms with van der Waals surface area (Å²) < 4.78 is 16.9. The summed E-state index contributed by atoms with van der Waals surface area (Å²) in [6, 6.07) is 19.5. The zero-order valence-corrected chi connectivity index (χ0v) is 19.1. The predicted octanol–water partition coefficient (Wildman–Crippen LogP) is 4.24. The Hall–Kier alpha value is -4.51. The molecule has 8 nitrogen and oxygen atoms in total. The van der Waals surface area contributed by atoms with Crippen LogP contribution in [0.1, 0.15) is 40.4 Å². The van der Waals surface area contributed by atoms with Crippen LogP contribution in [0.5, 0.6) is 17.2 Å². The van der Waals surface area contributed by atoms with E-state index in [9.17, 15) is 9.59 Å². The van der Waals surface area contributed by atoms with E-state index in [1.807, 2.05) is 37.3 Å². The number of anilines is 1. The van der Waals surface area contributed by atoms with Gasteiger partial charge in [0.25, 0.3) is 11.8 Å². The van der Waals surface area contributed by atoms with E-state index in [1.54, 1.807) is 41.3 Å². The molecular weight excluding hydrogens is 446 g/mol. The van der Waals surface area contributed by atoms with Gasteiger partial charge in [0.05, 0.1) is 11.6 Å². The third-order valence-electron chi connectivity index (χ3n) is 5.99. The van der Waals surface area contributed by atoms with E-state index in [0.717, 1.165) is 11.1 Å². The van der Waals surface area contributed by atoms with Crippen molar-refractivity contribution in [2.45, 2.75) is 32.5 Å². The molecule has 35 heavy (non-hydrogen) atoms. The average Bonchev–Trinajstić information content (AvgIpc) is 3.30. The Kier molecular flexibility index (Phi) is 5.98. The molecule has 5 rings (SSSR count). The minimum atomic E-state index is -0.593. The summed E-state index contributed by atoms with van der Waals surface area (Å²) in [6.07, 6.45) is -0.0584. The maximum atomic E-state index is 13.2. The van der Waals surface area contributed by atoms with Crippen LogP contribution < -0.4 is 19.5 Å². The molecule has 0 unspecified atom stereocenters. The van der Waals surface area contributed by atoms with E-state index >= 15 is 0 Å². The molecule has 0 fully saturated rings. The van der Waals surface area contributed by atoms with E-state index in [0.29, 0.717) is 53.6 Å². The van der Waals surface area contributed by atoms with E-state index in [-0.39, 0.29) is 18.6 Å². The van der Waals surface area contributed by atoms with Gasteiger partial charge in [-0.25, -0.2) is 0 Å². The SMILES string of the molecule is CC[C@@H]1Oc2ccc(NC(=O)c3ccc(C#N)cc3)cc2CN(Cc2ccc3c(c2)OCO3)C1=O. The number of rotatable bonds is 5. The Balaban J connectivity index is 1.38. The molecule has 0 radical (unpaired) electrons. The van der Waals surface area contributed by atoms with Crippen LogP contribution in [0.3, 0.4) is 0 Å². The lowest BCUT2D eigenvalue weighted by atomic mass is 10.1. The largest absolute Gasteiger partial charge is 0.480 e. The lowest BCUT2D eigenvalue weighted by Gasteiger charge is -2.23. The first kappa shape index (κ1) is 22.3. The first-order valence-electron chi connectivity index (χ1n) is 11.3. The molecule has 0 saturated carbocycles. The summed E-state index contributed by atoms with van der Waals surface area (Å²) in [6.45, 7) is 2.83. The number of hydrogen-bond acceptors (Lipinski definition) is 6. The number of benzene rings is 3. The van der Waals surface area contributed by atoms with Crippen molar-refractivity contribution in [2.75, 3.05) is 12.1 Å². The zero-order chi connectivity index (χ0) is 24.4. The molecule has 2 amide bonds. The van der Waals surface area contributed by atoms with Crippen molar-refractivity contribution in [1.29, 1.82) is 5.26 Å². The third-order valence-corrected chi connectivity index (χ3v) is 5.99. The number of nitrogens with one attached hydrogen (secondary N) is 1. The van der Waals surface area contributed by atoms with Crippen LogP contribution in [-0.4, -0.2) is 29.6 Å². The van der Waals surface area contributed by atoms with Crippen LogP contribution in [0.4, 0.5) is 5.69 Å². The summed E-state index contributed by atoms with van der Waals surface area (Å²) in [4.78, 5) is 27.7. The van der Waals surface area contributed by atoms with Gasteiger partial charge in [0.2, 0.25) is 6.79 Å². The molecule has 3 aromatic rings. The molecule has 0 spiro atoms. The highest BCUT2D eigenvalue weighted by molar-refractivity contribution is 6.04. The van der Waals surface area contributed by atoms with Crippen molar-refractivity contribution in [3.05, 3.63) is 82.9 Å². The van der Waals surface area contributed by atoms with Crippen molar-refractivity contribution in [3.63, 3.8) is 0 Å². The fourth-order valence-corrected chi connectivity index (χ4v) is 4.14. The van der Waals surface area contributed by atoms with Crippen LogP contribution in [0.2, 0.25) is 0 Å². The van der Waals surface area contributed by atoms with Crippen LogP contribution in [0, 0.1) is 11.3 Å². The van der Waals surface area contributed by atoms with E-state index in [2.05, 4.69) is 5.32 Å². The molecule has 1 atom stereocenters.